The molecule has 0 saturated heterocycles. The lowest BCUT2D eigenvalue weighted by atomic mass is 10.1. The first-order chi connectivity index (χ1) is 9.76. The summed E-state index contributed by atoms with van der Waals surface area (Å²) in [5.74, 6) is 0. The molecular weight excluding hydrogens is 272 g/mol. The lowest BCUT2D eigenvalue weighted by Gasteiger charge is -2.26. The molecule has 0 aromatic heterocycles. The summed E-state index contributed by atoms with van der Waals surface area (Å²) in [5, 5.41) is 9.50. The van der Waals surface area contributed by atoms with Gasteiger partial charge in [0.1, 0.15) is 6.04 Å². The maximum Gasteiger partial charge on any atom is 0.124 e. The minimum atomic E-state index is -0.267. The van der Waals surface area contributed by atoms with Crippen LogP contribution >= 0.6 is 11.8 Å². The van der Waals surface area contributed by atoms with E-state index in [1.54, 1.807) is 26.0 Å². The van der Waals surface area contributed by atoms with Gasteiger partial charge in [-0.05, 0) is 24.0 Å². The molecule has 0 N–H and O–H groups in total. The number of thioether (sulfide) groups is 1. The van der Waals surface area contributed by atoms with Gasteiger partial charge in [0.05, 0.1) is 19.3 Å². The van der Waals surface area contributed by atoms with Crippen molar-refractivity contribution in [3.05, 3.63) is 29.8 Å². The van der Waals surface area contributed by atoms with E-state index in [0.29, 0.717) is 26.3 Å². The topological polar surface area (TPSA) is 45.5 Å². The van der Waals surface area contributed by atoms with Crippen molar-refractivity contribution in [1.82, 2.24) is 4.90 Å². The predicted molar refractivity (Wildman–Crippen MR) is 81.9 cm³/mol. The molecule has 1 atom stereocenters. The Kier molecular flexibility index (Phi) is 8.31. The van der Waals surface area contributed by atoms with Crippen molar-refractivity contribution < 1.29 is 9.47 Å². The van der Waals surface area contributed by atoms with Gasteiger partial charge >= 0.3 is 0 Å². The van der Waals surface area contributed by atoms with Gasteiger partial charge < -0.3 is 9.47 Å². The third-order valence-corrected chi connectivity index (χ3v) is 3.83. The van der Waals surface area contributed by atoms with E-state index < -0.39 is 0 Å². The molecule has 1 unspecified atom stereocenters. The molecule has 0 aliphatic heterocycles. The fraction of sp³-hybridized carbons (Fsp3) is 0.533. The smallest absolute Gasteiger partial charge is 0.124 e. The van der Waals surface area contributed by atoms with Gasteiger partial charge in [-0.15, -0.1) is 11.8 Å². The van der Waals surface area contributed by atoms with Gasteiger partial charge in [-0.2, -0.15) is 5.26 Å². The molecule has 0 aliphatic carbocycles. The molecule has 0 bridgehead atoms. The van der Waals surface area contributed by atoms with Crippen LogP contribution in [0.5, 0.6) is 0 Å². The van der Waals surface area contributed by atoms with E-state index in [4.69, 9.17) is 9.47 Å². The summed E-state index contributed by atoms with van der Waals surface area (Å²) < 4.78 is 10.2. The molecule has 0 spiro atoms. The van der Waals surface area contributed by atoms with Crippen molar-refractivity contribution in [3.63, 3.8) is 0 Å². The van der Waals surface area contributed by atoms with Crippen LogP contribution in [0.1, 0.15) is 11.6 Å². The number of nitriles is 1. The number of hydrogen-bond donors (Lipinski definition) is 0. The maximum absolute atomic E-state index is 9.50. The van der Waals surface area contributed by atoms with Crippen LogP contribution in [0.3, 0.4) is 0 Å². The predicted octanol–water partition coefficient (Wildman–Crippen LogP) is 2.57. The molecule has 4 nitrogen and oxygen atoms in total. The highest BCUT2D eigenvalue weighted by Crippen LogP contribution is 2.23. The summed E-state index contributed by atoms with van der Waals surface area (Å²) in [4.78, 5) is 3.28. The summed E-state index contributed by atoms with van der Waals surface area (Å²) in [5.41, 5.74) is 1.01. The molecule has 0 saturated carbocycles. The van der Waals surface area contributed by atoms with Crippen LogP contribution in [0.25, 0.3) is 0 Å². The highest BCUT2D eigenvalue weighted by Gasteiger charge is 2.19. The number of rotatable bonds is 9. The second kappa shape index (κ2) is 9.78. The van der Waals surface area contributed by atoms with Crippen LogP contribution in [0, 0.1) is 11.3 Å². The van der Waals surface area contributed by atoms with Crippen molar-refractivity contribution in [1.29, 1.82) is 5.26 Å². The Morgan fingerprint density at radius 2 is 1.70 bits per heavy atom. The van der Waals surface area contributed by atoms with Crippen LogP contribution in [0.2, 0.25) is 0 Å². The highest BCUT2D eigenvalue weighted by atomic mass is 32.2. The van der Waals surface area contributed by atoms with Gasteiger partial charge in [0.15, 0.2) is 0 Å². The normalized spacial score (nSPS) is 12.3. The minimum absolute atomic E-state index is 0.267. The van der Waals surface area contributed by atoms with E-state index in [9.17, 15) is 5.26 Å². The van der Waals surface area contributed by atoms with Crippen LogP contribution in [-0.2, 0) is 9.47 Å². The average molecular weight is 294 g/mol. The fourth-order valence-corrected chi connectivity index (χ4v) is 2.35. The first-order valence-electron chi connectivity index (χ1n) is 6.52. The van der Waals surface area contributed by atoms with Crippen molar-refractivity contribution in [2.45, 2.75) is 10.9 Å². The minimum Gasteiger partial charge on any atom is -0.383 e. The summed E-state index contributed by atoms with van der Waals surface area (Å²) >= 11 is 1.70. The van der Waals surface area contributed by atoms with Gasteiger partial charge in [0, 0.05) is 32.2 Å². The van der Waals surface area contributed by atoms with Crippen LogP contribution in [-0.4, -0.2) is 51.7 Å². The molecule has 5 heteroatoms. The standard InChI is InChI=1S/C15H22N2O2S/c1-18-10-8-17(9-11-19-2)15(12-16)13-4-6-14(20-3)7-5-13/h4-7,15H,8-11H2,1-3H3. The van der Waals surface area contributed by atoms with Crippen molar-refractivity contribution in [3.8, 4) is 6.07 Å². The lowest BCUT2D eigenvalue weighted by molar-refractivity contribution is 0.101. The number of nitrogens with zero attached hydrogens (tertiary/aromatic N) is 2. The molecule has 0 amide bonds. The number of benzene rings is 1. The maximum atomic E-state index is 9.50. The Labute approximate surface area is 125 Å². The Morgan fingerprint density at radius 1 is 1.15 bits per heavy atom. The Hall–Kier alpha value is -1.06. The molecule has 1 rings (SSSR count). The summed E-state index contributed by atoms with van der Waals surface area (Å²) in [7, 11) is 3.34. The average Bonchev–Trinajstić information content (AvgIpc) is 2.50. The number of ether oxygens (including phenoxy) is 2. The largest absolute Gasteiger partial charge is 0.383 e. The first kappa shape index (κ1) is 17.0. The van der Waals surface area contributed by atoms with Gasteiger partial charge in [0.2, 0.25) is 0 Å². The van der Waals surface area contributed by atoms with E-state index in [1.165, 1.54) is 4.90 Å². The molecule has 110 valence electrons. The zero-order valence-electron chi connectivity index (χ0n) is 12.3. The summed E-state index contributed by atoms with van der Waals surface area (Å²) in [6, 6.07) is 10.3. The lowest BCUT2D eigenvalue weighted by Crippen LogP contribution is -2.34. The second-order valence-electron chi connectivity index (χ2n) is 4.33. The van der Waals surface area contributed by atoms with Crippen LogP contribution < -0.4 is 0 Å². The van der Waals surface area contributed by atoms with Crippen LogP contribution in [0.4, 0.5) is 0 Å². The van der Waals surface area contributed by atoms with Gasteiger partial charge in [0.25, 0.3) is 0 Å². The molecule has 0 radical (unpaired) electrons. The zero-order valence-corrected chi connectivity index (χ0v) is 13.2. The van der Waals surface area contributed by atoms with E-state index in [-0.39, 0.29) is 6.04 Å². The zero-order chi connectivity index (χ0) is 14.8. The van der Waals surface area contributed by atoms with Crippen molar-refractivity contribution in [2.75, 3.05) is 46.8 Å². The Balaban J connectivity index is 2.83. The SMILES string of the molecule is COCCN(CCOC)C(C#N)c1ccc(SC)cc1. The molecule has 0 heterocycles. The monoisotopic (exact) mass is 294 g/mol. The van der Waals surface area contributed by atoms with E-state index in [1.807, 2.05) is 18.4 Å². The van der Waals surface area contributed by atoms with E-state index >= 15 is 0 Å². The number of methoxy groups -OCH3 is 2. The Bertz CT molecular complexity index is 409. The third kappa shape index (κ3) is 5.14. The van der Waals surface area contributed by atoms with Crippen molar-refractivity contribution >= 4 is 11.8 Å². The molecule has 20 heavy (non-hydrogen) atoms. The molecule has 1 aromatic rings. The molecular formula is C15H22N2O2S. The van der Waals surface area contributed by atoms with Gasteiger partial charge in [-0.3, -0.25) is 4.90 Å². The van der Waals surface area contributed by atoms with E-state index in [2.05, 4.69) is 23.1 Å². The third-order valence-electron chi connectivity index (χ3n) is 3.08. The molecule has 0 fully saturated rings. The van der Waals surface area contributed by atoms with Crippen molar-refractivity contribution in [2.24, 2.45) is 0 Å². The quantitative estimate of drug-likeness (QED) is 0.655. The molecule has 1 aromatic carbocycles. The van der Waals surface area contributed by atoms with Gasteiger partial charge in [-0.25, -0.2) is 0 Å². The fourth-order valence-electron chi connectivity index (χ4n) is 1.94. The first-order valence-corrected chi connectivity index (χ1v) is 7.74. The van der Waals surface area contributed by atoms with Crippen LogP contribution in [0.15, 0.2) is 29.2 Å². The highest BCUT2D eigenvalue weighted by molar-refractivity contribution is 7.98. The molecule has 0 aliphatic rings. The number of hydrogen-bond acceptors (Lipinski definition) is 5. The van der Waals surface area contributed by atoms with E-state index in [0.717, 1.165) is 5.56 Å². The second-order valence-corrected chi connectivity index (χ2v) is 5.21. The Morgan fingerprint density at radius 3 is 2.10 bits per heavy atom. The van der Waals surface area contributed by atoms with Gasteiger partial charge in [-0.1, -0.05) is 12.1 Å². The summed E-state index contributed by atoms with van der Waals surface area (Å²) in [6.45, 7) is 2.63. The summed E-state index contributed by atoms with van der Waals surface area (Å²) in [6.07, 6.45) is 2.04.